The van der Waals surface area contributed by atoms with Gasteiger partial charge in [-0.2, -0.15) is 25.3 Å². The molecule has 2 aliphatic carbocycles. The predicted octanol–water partition coefficient (Wildman–Crippen LogP) is 6.22. The third-order valence-electron chi connectivity index (χ3n) is 8.44. The van der Waals surface area contributed by atoms with Gasteiger partial charge in [-0.1, -0.05) is 71.5 Å². The highest BCUT2D eigenvalue weighted by molar-refractivity contribution is 7.82. The lowest BCUT2D eigenvalue weighted by atomic mass is 9.51. The summed E-state index contributed by atoms with van der Waals surface area (Å²) in [5.74, 6) is 3.54. The SMILES string of the molecule is BC1(C(C)CC)CCCC2(S)CCCC(C(C)CC)CC2(CS)C1. The first-order valence-corrected chi connectivity index (χ1v) is 11.7. The van der Waals surface area contributed by atoms with Gasteiger partial charge in [0.05, 0.1) is 0 Å². The highest BCUT2D eigenvalue weighted by Crippen LogP contribution is 2.63. The Labute approximate surface area is 163 Å². The Hall–Kier alpha value is 0.765. The maximum atomic E-state index is 5.44. The van der Waals surface area contributed by atoms with E-state index in [0.717, 1.165) is 23.5 Å². The molecule has 24 heavy (non-hydrogen) atoms. The van der Waals surface area contributed by atoms with Crippen LogP contribution in [0.25, 0.3) is 0 Å². The summed E-state index contributed by atoms with van der Waals surface area (Å²) < 4.78 is 0.210. The molecule has 2 aliphatic rings. The van der Waals surface area contributed by atoms with Crippen LogP contribution in [-0.4, -0.2) is 18.3 Å². The second kappa shape index (κ2) is 8.20. The van der Waals surface area contributed by atoms with Crippen LogP contribution in [0.5, 0.6) is 0 Å². The number of fused-ring (bicyclic) bond motifs is 1. The number of rotatable bonds is 5. The van der Waals surface area contributed by atoms with Crippen LogP contribution in [0.4, 0.5) is 0 Å². The van der Waals surface area contributed by atoms with Gasteiger partial charge >= 0.3 is 0 Å². The summed E-state index contributed by atoms with van der Waals surface area (Å²) in [4.78, 5) is 0. The minimum absolute atomic E-state index is 0.210. The quantitative estimate of drug-likeness (QED) is 0.418. The topological polar surface area (TPSA) is 0 Å². The molecule has 0 radical (unpaired) electrons. The molecule has 0 spiro atoms. The third-order valence-corrected chi connectivity index (χ3v) is 9.97. The zero-order valence-corrected chi connectivity index (χ0v) is 18.7. The molecule has 0 N–H and O–H groups in total. The van der Waals surface area contributed by atoms with E-state index in [0.29, 0.717) is 10.7 Å². The van der Waals surface area contributed by atoms with E-state index < -0.39 is 0 Å². The van der Waals surface area contributed by atoms with E-state index in [2.05, 4.69) is 35.5 Å². The highest BCUT2D eigenvalue weighted by atomic mass is 32.1. The molecule has 3 heteroatoms. The first-order valence-electron chi connectivity index (χ1n) is 10.6. The average molecular weight is 369 g/mol. The molecule has 0 aromatic carbocycles. The molecule has 140 valence electrons. The zero-order chi connectivity index (χ0) is 18.0. The van der Waals surface area contributed by atoms with Gasteiger partial charge in [0.15, 0.2) is 0 Å². The van der Waals surface area contributed by atoms with Gasteiger partial charge in [0.1, 0.15) is 7.85 Å². The average Bonchev–Trinajstić information content (AvgIpc) is 2.77. The lowest BCUT2D eigenvalue weighted by Gasteiger charge is -2.51. The van der Waals surface area contributed by atoms with Gasteiger partial charge in [-0.25, -0.2) is 0 Å². The minimum atomic E-state index is 0.210. The van der Waals surface area contributed by atoms with Crippen LogP contribution in [-0.2, 0) is 0 Å². The largest absolute Gasteiger partial charge is 0.179 e. The van der Waals surface area contributed by atoms with E-state index in [9.17, 15) is 0 Å². The minimum Gasteiger partial charge on any atom is -0.179 e. The summed E-state index contributed by atoms with van der Waals surface area (Å²) in [6, 6.07) is 0. The van der Waals surface area contributed by atoms with E-state index >= 15 is 0 Å². The van der Waals surface area contributed by atoms with Crippen molar-refractivity contribution in [3.8, 4) is 0 Å². The molecule has 0 saturated heterocycles. The lowest BCUT2D eigenvalue weighted by molar-refractivity contribution is 0.126. The Balaban J connectivity index is 2.41. The molecular weight excluding hydrogens is 327 g/mol. The number of hydrogen-bond donors (Lipinski definition) is 2. The Bertz CT molecular complexity index is 415. The number of hydrogen-bond acceptors (Lipinski definition) is 2. The van der Waals surface area contributed by atoms with Gasteiger partial charge in [-0.3, -0.25) is 0 Å². The van der Waals surface area contributed by atoms with E-state index in [1.54, 1.807) is 0 Å². The summed E-state index contributed by atoms with van der Waals surface area (Å²) in [5, 5.41) is 0.465. The Morgan fingerprint density at radius 1 is 1.08 bits per heavy atom. The summed E-state index contributed by atoms with van der Waals surface area (Å²) in [6.07, 6.45) is 13.4. The van der Waals surface area contributed by atoms with Crippen molar-refractivity contribution in [3.63, 3.8) is 0 Å². The van der Waals surface area contributed by atoms with Gasteiger partial charge in [-0.05, 0) is 54.6 Å². The van der Waals surface area contributed by atoms with Gasteiger partial charge in [0.2, 0.25) is 0 Å². The molecule has 2 rings (SSSR count). The smallest absolute Gasteiger partial charge is 0.109 e. The second-order valence-electron chi connectivity index (χ2n) is 9.71. The van der Waals surface area contributed by atoms with Crippen molar-refractivity contribution in [1.82, 2.24) is 0 Å². The van der Waals surface area contributed by atoms with E-state index in [4.69, 9.17) is 25.3 Å². The molecule has 0 amide bonds. The molecule has 0 nitrogen and oxygen atoms in total. The molecule has 2 fully saturated rings. The van der Waals surface area contributed by atoms with Crippen LogP contribution in [0.1, 0.15) is 91.9 Å². The van der Waals surface area contributed by atoms with Crippen molar-refractivity contribution in [2.45, 2.75) is 102 Å². The molecule has 0 aromatic rings. The molecule has 0 aliphatic heterocycles. The summed E-state index contributed by atoms with van der Waals surface area (Å²) >= 11 is 10.4. The zero-order valence-electron chi connectivity index (χ0n) is 16.9. The molecule has 6 atom stereocenters. The van der Waals surface area contributed by atoms with Crippen molar-refractivity contribution in [2.75, 3.05) is 5.75 Å². The summed E-state index contributed by atoms with van der Waals surface area (Å²) in [6.45, 7) is 9.71. The monoisotopic (exact) mass is 368 g/mol. The van der Waals surface area contributed by atoms with Crippen molar-refractivity contribution in [3.05, 3.63) is 0 Å². The van der Waals surface area contributed by atoms with Crippen LogP contribution < -0.4 is 0 Å². The van der Waals surface area contributed by atoms with Gasteiger partial charge in [0.25, 0.3) is 0 Å². The third kappa shape index (κ3) is 3.87. The maximum Gasteiger partial charge on any atom is 0.109 e. The Morgan fingerprint density at radius 3 is 2.33 bits per heavy atom. The van der Waals surface area contributed by atoms with E-state index in [-0.39, 0.29) is 4.75 Å². The van der Waals surface area contributed by atoms with Crippen LogP contribution in [0, 0.1) is 23.2 Å². The molecule has 6 unspecified atom stereocenters. The van der Waals surface area contributed by atoms with Gasteiger partial charge < -0.3 is 0 Å². The fourth-order valence-electron chi connectivity index (χ4n) is 5.99. The van der Waals surface area contributed by atoms with Gasteiger partial charge in [0, 0.05) is 4.75 Å². The standard InChI is InChI=1S/C21H41BS2/c1-5-16(3)18-9-7-11-21(24)12-8-10-20(22,17(4)6-2)14-19(21,13-18)15-23/h16-18,23-24H,5-15,22H2,1-4H3. The molecule has 0 heterocycles. The van der Waals surface area contributed by atoms with E-state index in [1.165, 1.54) is 64.2 Å². The van der Waals surface area contributed by atoms with E-state index in [1.807, 2.05) is 0 Å². The molecule has 0 bridgehead atoms. The van der Waals surface area contributed by atoms with Crippen LogP contribution >= 0.6 is 25.3 Å². The number of thiol groups is 2. The first-order chi connectivity index (χ1) is 11.3. The van der Waals surface area contributed by atoms with Crippen molar-refractivity contribution in [1.29, 1.82) is 0 Å². The Kier molecular flexibility index (Phi) is 7.20. The molecule has 2 saturated carbocycles. The van der Waals surface area contributed by atoms with Crippen LogP contribution in [0.3, 0.4) is 0 Å². The van der Waals surface area contributed by atoms with Crippen LogP contribution in [0.2, 0.25) is 5.31 Å². The summed E-state index contributed by atoms with van der Waals surface area (Å²) in [7, 11) is 2.58. The predicted molar refractivity (Wildman–Crippen MR) is 119 cm³/mol. The highest BCUT2D eigenvalue weighted by Gasteiger charge is 2.55. The fourth-order valence-corrected chi connectivity index (χ4v) is 7.22. The maximum absolute atomic E-state index is 5.44. The van der Waals surface area contributed by atoms with Gasteiger partial charge in [-0.15, -0.1) is 0 Å². The van der Waals surface area contributed by atoms with Crippen LogP contribution in [0.15, 0.2) is 0 Å². The normalized spacial score (nSPS) is 43.3. The lowest BCUT2D eigenvalue weighted by Crippen LogP contribution is -2.47. The Morgan fingerprint density at radius 2 is 1.75 bits per heavy atom. The molecular formula is C21H41BS2. The molecule has 0 aromatic heterocycles. The second-order valence-corrected chi connectivity index (χ2v) is 10.9. The fraction of sp³-hybridized carbons (Fsp3) is 1.00. The van der Waals surface area contributed by atoms with Crippen molar-refractivity contribution < 1.29 is 0 Å². The van der Waals surface area contributed by atoms with Crippen molar-refractivity contribution in [2.24, 2.45) is 23.2 Å². The first kappa shape index (κ1) is 21.1. The summed E-state index contributed by atoms with van der Waals surface area (Å²) in [5.41, 5.74) is 0.318. The van der Waals surface area contributed by atoms with Crippen molar-refractivity contribution >= 4 is 33.1 Å².